The van der Waals surface area contributed by atoms with Crippen LogP contribution in [0.25, 0.3) is 22.3 Å². The van der Waals surface area contributed by atoms with Gasteiger partial charge in [0.2, 0.25) is 0 Å². The van der Waals surface area contributed by atoms with Crippen molar-refractivity contribution in [2.24, 2.45) is 0 Å². The van der Waals surface area contributed by atoms with Gasteiger partial charge in [0.05, 0.1) is 5.69 Å². The van der Waals surface area contributed by atoms with Crippen LogP contribution in [-0.2, 0) is 0 Å². The van der Waals surface area contributed by atoms with Gasteiger partial charge in [-0.3, -0.25) is 0 Å². The molecule has 0 saturated carbocycles. The topological polar surface area (TPSA) is 79.6 Å². The van der Waals surface area contributed by atoms with Gasteiger partial charge in [0.15, 0.2) is 5.82 Å². The highest BCUT2D eigenvalue weighted by Crippen LogP contribution is 2.26. The summed E-state index contributed by atoms with van der Waals surface area (Å²) >= 11 is 0. The standard InChI is InChI=1S/C23H21N5/c1-4-5-18-11-16-6-7-17(12-21(16)26-18)23-25-13-15(3)22(28-23)27-19-8-9-20(24)14(2)10-19/h6-13,26H,24H2,1-3H3,(H,25,27,28). The quantitative estimate of drug-likeness (QED) is 0.354. The van der Waals surface area contributed by atoms with Crippen molar-refractivity contribution in [1.82, 2.24) is 15.0 Å². The molecule has 0 fully saturated rings. The van der Waals surface area contributed by atoms with Crippen LogP contribution in [0.1, 0.15) is 23.7 Å². The summed E-state index contributed by atoms with van der Waals surface area (Å²) in [4.78, 5) is 12.6. The van der Waals surface area contributed by atoms with Crippen molar-refractivity contribution in [3.63, 3.8) is 0 Å². The third kappa shape index (κ3) is 3.40. The second-order valence-electron chi connectivity index (χ2n) is 6.78. The van der Waals surface area contributed by atoms with E-state index in [2.05, 4.69) is 39.3 Å². The highest BCUT2D eigenvalue weighted by Gasteiger charge is 2.09. The van der Waals surface area contributed by atoms with E-state index in [4.69, 9.17) is 10.7 Å². The lowest BCUT2D eigenvalue weighted by Gasteiger charge is -2.11. The van der Waals surface area contributed by atoms with Gasteiger partial charge in [-0.2, -0.15) is 0 Å². The summed E-state index contributed by atoms with van der Waals surface area (Å²) in [6, 6.07) is 14.0. The van der Waals surface area contributed by atoms with Crippen molar-refractivity contribution in [3.8, 4) is 23.2 Å². The summed E-state index contributed by atoms with van der Waals surface area (Å²) in [7, 11) is 0. The summed E-state index contributed by atoms with van der Waals surface area (Å²) in [6.07, 6.45) is 1.84. The molecule has 0 amide bonds. The van der Waals surface area contributed by atoms with Crippen LogP contribution in [0.2, 0.25) is 0 Å². The molecule has 4 N–H and O–H groups in total. The minimum Gasteiger partial charge on any atom is -0.399 e. The van der Waals surface area contributed by atoms with Crippen molar-refractivity contribution >= 4 is 28.1 Å². The minimum absolute atomic E-state index is 0.667. The van der Waals surface area contributed by atoms with E-state index in [-0.39, 0.29) is 0 Å². The molecule has 2 aromatic heterocycles. The molecule has 5 nitrogen and oxygen atoms in total. The third-order valence-electron chi connectivity index (χ3n) is 4.64. The molecule has 2 heterocycles. The number of nitrogens with two attached hydrogens (primary N) is 1. The molecule has 0 spiro atoms. The monoisotopic (exact) mass is 367 g/mol. The van der Waals surface area contributed by atoms with Crippen molar-refractivity contribution in [2.45, 2.75) is 20.8 Å². The lowest BCUT2D eigenvalue weighted by atomic mass is 10.1. The fraction of sp³-hybridized carbons (Fsp3) is 0.130. The summed E-state index contributed by atoms with van der Waals surface area (Å²) in [5.74, 6) is 7.41. The number of nitrogen functional groups attached to an aromatic ring is 1. The molecule has 0 radical (unpaired) electrons. The fourth-order valence-corrected chi connectivity index (χ4v) is 3.07. The number of aromatic amines is 1. The Bertz CT molecular complexity index is 1240. The van der Waals surface area contributed by atoms with Crippen molar-refractivity contribution < 1.29 is 0 Å². The minimum atomic E-state index is 0.667. The van der Waals surface area contributed by atoms with Gasteiger partial charge in [-0.15, -0.1) is 0 Å². The Kier molecular flexibility index (Phi) is 4.46. The van der Waals surface area contributed by atoms with Crippen LogP contribution in [0.5, 0.6) is 0 Å². The zero-order chi connectivity index (χ0) is 19.7. The largest absolute Gasteiger partial charge is 0.399 e. The number of aromatic nitrogens is 3. The van der Waals surface area contributed by atoms with Gasteiger partial charge in [0, 0.05) is 39.6 Å². The first-order valence-electron chi connectivity index (χ1n) is 9.06. The SMILES string of the molecule is CC#Cc1cc2ccc(-c3ncc(C)c(Nc4ccc(N)c(C)c4)n3)cc2[nH]1. The lowest BCUT2D eigenvalue weighted by Crippen LogP contribution is -2.01. The van der Waals surface area contributed by atoms with Crippen LogP contribution < -0.4 is 11.1 Å². The Morgan fingerprint density at radius 3 is 2.68 bits per heavy atom. The molecular formula is C23H21N5. The normalized spacial score (nSPS) is 10.5. The maximum atomic E-state index is 5.91. The number of hydrogen-bond acceptors (Lipinski definition) is 4. The zero-order valence-electron chi connectivity index (χ0n) is 16.1. The van der Waals surface area contributed by atoms with E-state index < -0.39 is 0 Å². The first-order chi connectivity index (χ1) is 13.5. The predicted octanol–water partition coefficient (Wildman–Crippen LogP) is 4.94. The molecule has 0 aliphatic carbocycles. The number of rotatable bonds is 3. The summed E-state index contributed by atoms with van der Waals surface area (Å²) in [6.45, 7) is 5.80. The molecule has 138 valence electrons. The molecule has 2 aromatic carbocycles. The maximum Gasteiger partial charge on any atom is 0.161 e. The molecule has 0 atom stereocenters. The second kappa shape index (κ2) is 7.09. The number of aryl methyl sites for hydroxylation is 2. The van der Waals surface area contributed by atoms with Gasteiger partial charge < -0.3 is 16.0 Å². The van der Waals surface area contributed by atoms with Crippen LogP contribution in [0, 0.1) is 25.7 Å². The molecule has 5 heteroatoms. The maximum absolute atomic E-state index is 5.91. The summed E-state index contributed by atoms with van der Waals surface area (Å²) in [5, 5.41) is 4.49. The Labute approximate surface area is 164 Å². The number of anilines is 3. The number of hydrogen-bond donors (Lipinski definition) is 3. The Balaban J connectivity index is 1.70. The van der Waals surface area contributed by atoms with E-state index in [1.807, 2.05) is 57.3 Å². The van der Waals surface area contributed by atoms with E-state index in [1.165, 1.54) is 0 Å². The predicted molar refractivity (Wildman–Crippen MR) is 115 cm³/mol. The molecule has 0 aliphatic rings. The number of benzene rings is 2. The second-order valence-corrected chi connectivity index (χ2v) is 6.78. The van der Waals surface area contributed by atoms with E-state index >= 15 is 0 Å². The average Bonchev–Trinajstić information content (AvgIpc) is 3.08. The van der Waals surface area contributed by atoms with Gasteiger partial charge >= 0.3 is 0 Å². The van der Waals surface area contributed by atoms with Crippen molar-refractivity contribution in [1.29, 1.82) is 0 Å². The third-order valence-corrected chi connectivity index (χ3v) is 4.64. The Morgan fingerprint density at radius 2 is 1.89 bits per heavy atom. The molecule has 0 aliphatic heterocycles. The molecule has 0 saturated heterocycles. The van der Waals surface area contributed by atoms with E-state index in [0.717, 1.165) is 50.5 Å². The Morgan fingerprint density at radius 1 is 1.04 bits per heavy atom. The Hall–Kier alpha value is -3.78. The van der Waals surface area contributed by atoms with Crippen LogP contribution in [0.4, 0.5) is 17.2 Å². The number of fused-ring (bicyclic) bond motifs is 1. The van der Waals surface area contributed by atoms with Gasteiger partial charge in [-0.05, 0) is 62.6 Å². The van der Waals surface area contributed by atoms with Crippen molar-refractivity contribution in [3.05, 3.63) is 65.5 Å². The first-order valence-corrected chi connectivity index (χ1v) is 9.06. The fourth-order valence-electron chi connectivity index (χ4n) is 3.07. The van der Waals surface area contributed by atoms with E-state index in [1.54, 1.807) is 0 Å². The van der Waals surface area contributed by atoms with Crippen LogP contribution in [0.15, 0.2) is 48.7 Å². The molecule has 4 rings (SSSR count). The summed E-state index contributed by atoms with van der Waals surface area (Å²) in [5.41, 5.74) is 12.5. The van der Waals surface area contributed by atoms with Gasteiger partial charge in [-0.1, -0.05) is 18.1 Å². The zero-order valence-corrected chi connectivity index (χ0v) is 16.1. The van der Waals surface area contributed by atoms with E-state index in [0.29, 0.717) is 5.82 Å². The molecule has 28 heavy (non-hydrogen) atoms. The van der Waals surface area contributed by atoms with E-state index in [9.17, 15) is 0 Å². The molecular weight excluding hydrogens is 346 g/mol. The smallest absolute Gasteiger partial charge is 0.161 e. The number of nitrogens with one attached hydrogen (secondary N) is 2. The van der Waals surface area contributed by atoms with Gasteiger partial charge in [-0.25, -0.2) is 9.97 Å². The highest BCUT2D eigenvalue weighted by atomic mass is 15.0. The van der Waals surface area contributed by atoms with Crippen LogP contribution in [0.3, 0.4) is 0 Å². The average molecular weight is 367 g/mol. The number of H-pyrrole nitrogens is 1. The van der Waals surface area contributed by atoms with Crippen LogP contribution >= 0.6 is 0 Å². The number of nitrogens with zero attached hydrogens (tertiary/aromatic N) is 2. The summed E-state index contributed by atoms with van der Waals surface area (Å²) < 4.78 is 0. The molecule has 0 unspecified atom stereocenters. The lowest BCUT2D eigenvalue weighted by molar-refractivity contribution is 1.14. The molecule has 0 bridgehead atoms. The van der Waals surface area contributed by atoms with Crippen LogP contribution in [-0.4, -0.2) is 15.0 Å². The van der Waals surface area contributed by atoms with Crippen molar-refractivity contribution in [2.75, 3.05) is 11.1 Å². The highest BCUT2D eigenvalue weighted by molar-refractivity contribution is 5.85. The molecule has 4 aromatic rings. The van der Waals surface area contributed by atoms with Gasteiger partial charge in [0.25, 0.3) is 0 Å². The van der Waals surface area contributed by atoms with Gasteiger partial charge in [0.1, 0.15) is 5.82 Å². The first kappa shape index (κ1) is 17.6.